The van der Waals surface area contributed by atoms with Gasteiger partial charge in [0.25, 0.3) is 0 Å². The Morgan fingerprint density at radius 1 is 1.04 bits per heavy atom. The van der Waals surface area contributed by atoms with E-state index in [1.165, 1.54) is 5.56 Å². The highest BCUT2D eigenvalue weighted by Gasteiger charge is 2.25. The van der Waals surface area contributed by atoms with Gasteiger partial charge in [0.05, 0.1) is 0 Å². The number of anilines is 1. The van der Waals surface area contributed by atoms with Crippen LogP contribution in [0.2, 0.25) is 0 Å². The first-order valence-corrected chi connectivity index (χ1v) is 8.98. The van der Waals surface area contributed by atoms with Crippen molar-refractivity contribution in [2.24, 2.45) is 0 Å². The van der Waals surface area contributed by atoms with E-state index < -0.39 is 0 Å². The smallest absolute Gasteiger partial charge is 0.211 e. The highest BCUT2D eigenvalue weighted by Crippen LogP contribution is 2.44. The fourth-order valence-electron chi connectivity index (χ4n) is 3.56. The lowest BCUT2D eigenvalue weighted by molar-refractivity contribution is -0.105. The van der Waals surface area contributed by atoms with E-state index in [-0.39, 0.29) is 11.7 Å². The second kappa shape index (κ2) is 7.77. The van der Waals surface area contributed by atoms with Crippen molar-refractivity contribution < 1.29 is 9.90 Å². The van der Waals surface area contributed by atoms with Crippen molar-refractivity contribution in [1.82, 2.24) is 0 Å². The molecule has 1 amide bonds. The number of benzene rings is 2. The molecule has 0 aliphatic carbocycles. The van der Waals surface area contributed by atoms with E-state index in [2.05, 4.69) is 50.0 Å². The minimum absolute atomic E-state index is 0.136. The van der Waals surface area contributed by atoms with Gasteiger partial charge >= 0.3 is 0 Å². The third-order valence-corrected chi connectivity index (χ3v) is 5.25. The van der Waals surface area contributed by atoms with Gasteiger partial charge in [-0.15, -0.1) is 0 Å². The second-order valence-corrected chi connectivity index (χ2v) is 7.38. The van der Waals surface area contributed by atoms with Gasteiger partial charge in [0.15, 0.2) is 0 Å². The second-order valence-electron chi connectivity index (χ2n) is 7.38. The number of hydrogen-bond donors (Lipinski definition) is 2. The van der Waals surface area contributed by atoms with Crippen molar-refractivity contribution in [3.05, 3.63) is 69.8 Å². The average Bonchev–Trinajstić information content (AvgIpc) is 2.60. The van der Waals surface area contributed by atoms with Gasteiger partial charge in [-0.05, 0) is 61.4 Å². The minimum Gasteiger partial charge on any atom is -0.507 e. The maximum atomic E-state index is 11.1. The van der Waals surface area contributed by atoms with Gasteiger partial charge in [0.1, 0.15) is 5.75 Å². The third-order valence-electron chi connectivity index (χ3n) is 5.25. The summed E-state index contributed by atoms with van der Waals surface area (Å²) in [6.45, 7) is 16.2. The quantitative estimate of drug-likeness (QED) is 0.397. The monoisotopic (exact) mass is 351 g/mol. The Morgan fingerprint density at radius 3 is 2.04 bits per heavy atom. The van der Waals surface area contributed by atoms with E-state index in [1.807, 2.05) is 27.7 Å². The van der Waals surface area contributed by atoms with Crippen molar-refractivity contribution in [2.75, 3.05) is 5.32 Å². The summed E-state index contributed by atoms with van der Waals surface area (Å²) < 4.78 is 0. The van der Waals surface area contributed by atoms with Gasteiger partial charge in [-0.25, -0.2) is 0 Å². The molecule has 0 heterocycles. The van der Waals surface area contributed by atoms with Crippen LogP contribution in [-0.2, 0) is 4.79 Å². The molecule has 0 saturated heterocycles. The van der Waals surface area contributed by atoms with Crippen LogP contribution in [0.5, 0.6) is 5.75 Å². The fraction of sp³-hybridized carbons (Fsp3) is 0.348. The molecule has 0 aromatic heterocycles. The number of rotatable bonds is 6. The average molecular weight is 351 g/mol. The molecule has 3 nitrogen and oxygen atoms in total. The van der Waals surface area contributed by atoms with Crippen LogP contribution in [0, 0.1) is 20.8 Å². The van der Waals surface area contributed by atoms with E-state index >= 15 is 0 Å². The largest absolute Gasteiger partial charge is 0.507 e. The van der Waals surface area contributed by atoms with Crippen LogP contribution in [0.4, 0.5) is 5.69 Å². The van der Waals surface area contributed by atoms with Crippen molar-refractivity contribution in [1.29, 1.82) is 0 Å². The zero-order valence-corrected chi connectivity index (χ0v) is 16.6. The number of amides is 1. The number of hydrogen-bond acceptors (Lipinski definition) is 2. The standard InChI is InChI=1S/C23H29NO2/c1-13(2)18-8-10-19(11-9-18)20(14(3)4)21-17(7)22(24-12-25)15(5)16(6)23(21)26/h8-13,20,26H,3H2,1-2,4-7H3,(H,24,25). The summed E-state index contributed by atoms with van der Waals surface area (Å²) in [5.74, 6) is 0.604. The Hall–Kier alpha value is -2.55. The topological polar surface area (TPSA) is 49.3 Å². The Morgan fingerprint density at radius 2 is 1.58 bits per heavy atom. The van der Waals surface area contributed by atoms with Crippen LogP contribution in [-0.4, -0.2) is 11.5 Å². The Bertz CT molecular complexity index is 833. The van der Waals surface area contributed by atoms with Gasteiger partial charge in [0, 0.05) is 17.2 Å². The molecule has 2 aromatic rings. The van der Waals surface area contributed by atoms with Gasteiger partial charge in [-0.2, -0.15) is 0 Å². The summed E-state index contributed by atoms with van der Waals surface area (Å²) in [7, 11) is 0. The number of carbonyl (C=O) groups excluding carboxylic acids is 1. The van der Waals surface area contributed by atoms with Crippen LogP contribution < -0.4 is 5.32 Å². The molecule has 0 spiro atoms. The molecule has 0 fully saturated rings. The maximum absolute atomic E-state index is 11.1. The molecule has 2 rings (SSSR count). The highest BCUT2D eigenvalue weighted by molar-refractivity contribution is 5.79. The van der Waals surface area contributed by atoms with Gasteiger partial charge in [0.2, 0.25) is 6.41 Å². The van der Waals surface area contributed by atoms with Crippen LogP contribution in [0.3, 0.4) is 0 Å². The van der Waals surface area contributed by atoms with Crippen molar-refractivity contribution in [3.63, 3.8) is 0 Å². The fourth-order valence-corrected chi connectivity index (χ4v) is 3.56. The van der Waals surface area contributed by atoms with E-state index in [0.29, 0.717) is 12.3 Å². The summed E-state index contributed by atoms with van der Waals surface area (Å²) in [4.78, 5) is 11.1. The zero-order chi connectivity index (χ0) is 19.6. The molecule has 0 aliphatic heterocycles. The van der Waals surface area contributed by atoms with Crippen LogP contribution in [0.15, 0.2) is 36.4 Å². The molecule has 138 valence electrons. The predicted octanol–water partition coefficient (Wildman–Crippen LogP) is 5.72. The highest BCUT2D eigenvalue weighted by atomic mass is 16.3. The number of phenols is 1. The van der Waals surface area contributed by atoms with Crippen molar-refractivity contribution >= 4 is 12.1 Å². The lowest BCUT2D eigenvalue weighted by Gasteiger charge is -2.26. The lowest BCUT2D eigenvalue weighted by atomic mass is 9.80. The number of aromatic hydroxyl groups is 1. The molecule has 1 atom stereocenters. The summed E-state index contributed by atoms with van der Waals surface area (Å²) >= 11 is 0. The molecule has 2 N–H and O–H groups in total. The zero-order valence-electron chi connectivity index (χ0n) is 16.6. The number of phenolic OH excluding ortho intramolecular Hbond substituents is 1. The molecule has 0 aliphatic rings. The minimum atomic E-state index is -0.136. The number of allylic oxidation sites excluding steroid dienone is 1. The van der Waals surface area contributed by atoms with Crippen molar-refractivity contribution in [3.8, 4) is 5.75 Å². The summed E-state index contributed by atoms with van der Waals surface area (Å²) in [5, 5.41) is 13.7. The molecule has 26 heavy (non-hydrogen) atoms. The van der Waals surface area contributed by atoms with Crippen LogP contribution >= 0.6 is 0 Å². The van der Waals surface area contributed by atoms with E-state index in [9.17, 15) is 9.90 Å². The first kappa shape index (κ1) is 19.8. The Balaban J connectivity index is 2.71. The SMILES string of the molecule is C=C(C)C(c1ccc(C(C)C)cc1)c1c(C)c(NC=O)c(C)c(C)c1O. The van der Waals surface area contributed by atoms with Gasteiger partial charge < -0.3 is 10.4 Å². The van der Waals surface area contributed by atoms with Gasteiger partial charge in [-0.3, -0.25) is 4.79 Å². The van der Waals surface area contributed by atoms with Crippen LogP contribution in [0.1, 0.15) is 66.0 Å². The molecular weight excluding hydrogens is 322 g/mol. The summed E-state index contributed by atoms with van der Waals surface area (Å²) in [6, 6.07) is 8.48. The van der Waals surface area contributed by atoms with Crippen LogP contribution in [0.25, 0.3) is 0 Å². The number of nitrogens with one attached hydrogen (secondary N) is 1. The van der Waals surface area contributed by atoms with E-state index in [4.69, 9.17) is 0 Å². The Labute approximate surface area is 156 Å². The van der Waals surface area contributed by atoms with E-state index in [1.54, 1.807) is 0 Å². The maximum Gasteiger partial charge on any atom is 0.211 e. The molecule has 0 bridgehead atoms. The molecule has 2 aromatic carbocycles. The normalized spacial score (nSPS) is 12.1. The lowest BCUT2D eigenvalue weighted by Crippen LogP contribution is -2.10. The summed E-state index contributed by atoms with van der Waals surface area (Å²) in [5.41, 5.74) is 7.41. The molecule has 0 saturated carbocycles. The first-order valence-electron chi connectivity index (χ1n) is 8.98. The Kier molecular flexibility index (Phi) is 5.91. The third kappa shape index (κ3) is 3.52. The number of carbonyl (C=O) groups is 1. The molecular formula is C23H29NO2. The molecule has 0 radical (unpaired) electrons. The first-order chi connectivity index (χ1) is 12.2. The predicted molar refractivity (Wildman–Crippen MR) is 109 cm³/mol. The van der Waals surface area contributed by atoms with Gasteiger partial charge in [-0.1, -0.05) is 50.3 Å². The van der Waals surface area contributed by atoms with E-state index in [0.717, 1.165) is 39.1 Å². The molecule has 1 unspecified atom stereocenters. The summed E-state index contributed by atoms with van der Waals surface area (Å²) in [6.07, 6.45) is 0.683. The molecule has 3 heteroatoms. The van der Waals surface area contributed by atoms with Crippen molar-refractivity contribution in [2.45, 2.75) is 53.4 Å².